The van der Waals surface area contributed by atoms with E-state index in [1.54, 1.807) is 24.3 Å². The summed E-state index contributed by atoms with van der Waals surface area (Å²) in [6.45, 7) is 2.37. The second-order valence-electron chi connectivity index (χ2n) is 5.47. The lowest BCUT2D eigenvalue weighted by Gasteiger charge is -2.14. The summed E-state index contributed by atoms with van der Waals surface area (Å²) in [6, 6.07) is 9.35. The van der Waals surface area contributed by atoms with E-state index in [0.29, 0.717) is 30.8 Å². The topological polar surface area (TPSA) is 92.7 Å². The van der Waals surface area contributed by atoms with Crippen LogP contribution in [0.5, 0.6) is 5.75 Å². The molecule has 24 heavy (non-hydrogen) atoms. The maximum atomic E-state index is 12.7. The fourth-order valence-electron chi connectivity index (χ4n) is 2.72. The molecule has 3 rings (SSSR count). The number of carboxylic acids is 1. The third-order valence-electron chi connectivity index (χ3n) is 3.97. The number of ether oxygens (including phenoxy) is 1. The van der Waals surface area contributed by atoms with Gasteiger partial charge in [0.1, 0.15) is 5.75 Å². The third-order valence-corrected chi connectivity index (χ3v) is 5.32. The van der Waals surface area contributed by atoms with Gasteiger partial charge in [-0.25, -0.2) is 13.2 Å². The van der Waals surface area contributed by atoms with Gasteiger partial charge in [0.25, 0.3) is 10.0 Å². The Morgan fingerprint density at radius 3 is 2.79 bits per heavy atom. The highest BCUT2D eigenvalue weighted by atomic mass is 32.2. The Hall–Kier alpha value is -2.54. The molecule has 0 saturated heterocycles. The minimum absolute atomic E-state index is 0.0672. The van der Waals surface area contributed by atoms with Crippen LogP contribution in [-0.4, -0.2) is 26.1 Å². The highest BCUT2D eigenvalue weighted by Crippen LogP contribution is 2.30. The molecule has 0 amide bonds. The number of hydrogen-bond donors (Lipinski definition) is 2. The van der Waals surface area contributed by atoms with Crippen LogP contribution in [0.15, 0.2) is 41.3 Å². The van der Waals surface area contributed by atoms with Crippen molar-refractivity contribution in [2.75, 3.05) is 11.3 Å². The van der Waals surface area contributed by atoms with Gasteiger partial charge >= 0.3 is 5.97 Å². The number of carbonyl (C=O) groups is 1. The summed E-state index contributed by atoms with van der Waals surface area (Å²) in [5, 5.41) is 9.33. The van der Waals surface area contributed by atoms with Crippen LogP contribution in [0.4, 0.5) is 5.69 Å². The van der Waals surface area contributed by atoms with Gasteiger partial charge in [-0.05, 0) is 41.8 Å². The Labute approximate surface area is 140 Å². The van der Waals surface area contributed by atoms with Gasteiger partial charge in [0.15, 0.2) is 0 Å². The van der Waals surface area contributed by atoms with Crippen molar-refractivity contribution in [3.63, 3.8) is 0 Å². The number of hydrogen-bond acceptors (Lipinski definition) is 4. The second-order valence-corrected chi connectivity index (χ2v) is 7.15. The fourth-order valence-corrected chi connectivity index (χ4v) is 3.89. The summed E-state index contributed by atoms with van der Waals surface area (Å²) in [5.74, 6) is -0.487. The van der Waals surface area contributed by atoms with Gasteiger partial charge in [-0.1, -0.05) is 19.1 Å². The summed E-state index contributed by atoms with van der Waals surface area (Å²) < 4.78 is 33.2. The Morgan fingerprint density at radius 1 is 1.29 bits per heavy atom. The van der Waals surface area contributed by atoms with Gasteiger partial charge in [0, 0.05) is 6.42 Å². The van der Waals surface area contributed by atoms with E-state index in [-0.39, 0.29) is 16.1 Å². The van der Waals surface area contributed by atoms with Gasteiger partial charge in [-0.3, -0.25) is 4.72 Å². The number of aryl methyl sites for hydroxylation is 1. The Kier molecular flexibility index (Phi) is 4.19. The molecule has 126 valence electrons. The number of carboxylic acid groups (broad SMARTS) is 1. The SMILES string of the molecule is CCc1cccc(C(=O)O)c1NS(=O)(=O)c1ccc2c(c1)CCO2. The average Bonchev–Trinajstić information content (AvgIpc) is 3.02. The van der Waals surface area contributed by atoms with E-state index in [4.69, 9.17) is 4.74 Å². The number of sulfonamides is 1. The van der Waals surface area contributed by atoms with Crippen molar-refractivity contribution in [1.29, 1.82) is 0 Å². The van der Waals surface area contributed by atoms with Crippen LogP contribution in [0.1, 0.15) is 28.4 Å². The van der Waals surface area contributed by atoms with Gasteiger partial charge < -0.3 is 9.84 Å². The summed E-state index contributed by atoms with van der Waals surface area (Å²) in [5.41, 5.74) is 1.51. The molecule has 0 spiro atoms. The zero-order valence-electron chi connectivity index (χ0n) is 13.1. The summed E-state index contributed by atoms with van der Waals surface area (Å²) in [6.07, 6.45) is 1.17. The van der Waals surface area contributed by atoms with Crippen LogP contribution in [0, 0.1) is 0 Å². The van der Waals surface area contributed by atoms with E-state index in [9.17, 15) is 18.3 Å². The molecule has 0 unspecified atom stereocenters. The van der Waals surface area contributed by atoms with Gasteiger partial charge in [-0.2, -0.15) is 0 Å². The number of rotatable bonds is 5. The van der Waals surface area contributed by atoms with Crippen LogP contribution in [0.2, 0.25) is 0 Å². The predicted molar refractivity (Wildman–Crippen MR) is 89.2 cm³/mol. The van der Waals surface area contributed by atoms with Crippen LogP contribution >= 0.6 is 0 Å². The Morgan fingerprint density at radius 2 is 2.08 bits per heavy atom. The first-order chi connectivity index (χ1) is 11.4. The highest BCUT2D eigenvalue weighted by molar-refractivity contribution is 7.92. The molecule has 0 atom stereocenters. The largest absolute Gasteiger partial charge is 0.493 e. The quantitative estimate of drug-likeness (QED) is 0.867. The molecule has 2 aromatic rings. The Balaban J connectivity index is 2.03. The molecule has 0 aliphatic carbocycles. The first-order valence-corrected chi connectivity index (χ1v) is 9.04. The molecule has 0 saturated carbocycles. The summed E-state index contributed by atoms with van der Waals surface area (Å²) in [4.78, 5) is 11.5. The monoisotopic (exact) mass is 347 g/mol. The minimum Gasteiger partial charge on any atom is -0.493 e. The molecule has 0 aromatic heterocycles. The van der Waals surface area contributed by atoms with Crippen molar-refractivity contribution in [3.8, 4) is 5.75 Å². The van der Waals surface area contributed by atoms with Crippen molar-refractivity contribution in [2.24, 2.45) is 0 Å². The zero-order chi connectivity index (χ0) is 17.3. The summed E-state index contributed by atoms with van der Waals surface area (Å²) >= 11 is 0. The molecule has 0 bridgehead atoms. The lowest BCUT2D eigenvalue weighted by Crippen LogP contribution is -2.17. The molecular weight excluding hydrogens is 330 g/mol. The van der Waals surface area contributed by atoms with E-state index >= 15 is 0 Å². The van der Waals surface area contributed by atoms with Crippen molar-refractivity contribution in [1.82, 2.24) is 0 Å². The second kappa shape index (κ2) is 6.16. The number of fused-ring (bicyclic) bond motifs is 1. The van der Waals surface area contributed by atoms with E-state index in [2.05, 4.69) is 4.72 Å². The van der Waals surface area contributed by atoms with Crippen molar-refractivity contribution >= 4 is 21.7 Å². The summed E-state index contributed by atoms with van der Waals surface area (Å²) in [7, 11) is -3.89. The molecule has 7 heteroatoms. The normalized spacial score (nSPS) is 13.2. The molecular formula is C17H17NO5S. The molecule has 1 heterocycles. The number of anilines is 1. The fraction of sp³-hybridized carbons (Fsp3) is 0.235. The molecule has 0 fully saturated rings. The van der Waals surface area contributed by atoms with Crippen LogP contribution in [0.3, 0.4) is 0 Å². The maximum absolute atomic E-state index is 12.7. The molecule has 6 nitrogen and oxygen atoms in total. The predicted octanol–water partition coefficient (Wildman–Crippen LogP) is 2.68. The van der Waals surface area contributed by atoms with Crippen LogP contribution in [-0.2, 0) is 22.9 Å². The third kappa shape index (κ3) is 2.94. The Bertz CT molecular complexity index is 905. The van der Waals surface area contributed by atoms with E-state index in [1.165, 1.54) is 12.1 Å². The average molecular weight is 347 g/mol. The van der Waals surface area contributed by atoms with Gasteiger partial charge in [-0.15, -0.1) is 0 Å². The van der Waals surface area contributed by atoms with Gasteiger partial charge in [0.05, 0.1) is 22.8 Å². The van der Waals surface area contributed by atoms with Crippen molar-refractivity contribution < 1.29 is 23.1 Å². The van der Waals surface area contributed by atoms with E-state index in [1.807, 2.05) is 6.92 Å². The first-order valence-electron chi connectivity index (χ1n) is 7.56. The van der Waals surface area contributed by atoms with Crippen LogP contribution in [0.25, 0.3) is 0 Å². The first kappa shape index (κ1) is 16.3. The van der Waals surface area contributed by atoms with E-state index in [0.717, 1.165) is 5.56 Å². The van der Waals surface area contributed by atoms with Crippen molar-refractivity contribution in [2.45, 2.75) is 24.7 Å². The molecule has 1 aliphatic rings. The molecule has 2 N–H and O–H groups in total. The smallest absolute Gasteiger partial charge is 0.337 e. The number of nitrogens with one attached hydrogen (secondary N) is 1. The number of benzene rings is 2. The lowest BCUT2D eigenvalue weighted by molar-refractivity contribution is 0.0698. The number of para-hydroxylation sites is 1. The standard InChI is InChI=1S/C17H17NO5S/c1-2-11-4-3-5-14(17(19)20)16(11)18-24(21,22)13-6-7-15-12(10-13)8-9-23-15/h3-7,10,18H,2,8-9H2,1H3,(H,19,20). The maximum Gasteiger partial charge on any atom is 0.337 e. The van der Waals surface area contributed by atoms with E-state index < -0.39 is 16.0 Å². The molecule has 2 aromatic carbocycles. The lowest BCUT2D eigenvalue weighted by atomic mass is 10.1. The van der Waals surface area contributed by atoms with Crippen LogP contribution < -0.4 is 9.46 Å². The highest BCUT2D eigenvalue weighted by Gasteiger charge is 2.23. The van der Waals surface area contributed by atoms with Gasteiger partial charge in [0.2, 0.25) is 0 Å². The zero-order valence-corrected chi connectivity index (χ0v) is 13.9. The minimum atomic E-state index is -3.89. The van der Waals surface area contributed by atoms with Crippen molar-refractivity contribution in [3.05, 3.63) is 53.1 Å². The number of aromatic carboxylic acids is 1. The molecule has 0 radical (unpaired) electrons. The molecule has 1 aliphatic heterocycles.